The van der Waals surface area contributed by atoms with Crippen molar-refractivity contribution >= 4 is 5.91 Å². The van der Waals surface area contributed by atoms with Crippen LogP contribution in [0.25, 0.3) is 11.4 Å². The molecule has 1 aromatic heterocycles. The fourth-order valence-corrected chi connectivity index (χ4v) is 3.94. The van der Waals surface area contributed by atoms with Gasteiger partial charge in [0.2, 0.25) is 17.6 Å². The van der Waals surface area contributed by atoms with Gasteiger partial charge in [-0.3, -0.25) is 9.69 Å². The molecule has 0 radical (unpaired) electrons. The van der Waals surface area contributed by atoms with Crippen LogP contribution in [0.5, 0.6) is 5.75 Å². The van der Waals surface area contributed by atoms with Crippen molar-refractivity contribution in [2.75, 3.05) is 20.2 Å². The molecule has 7 heteroatoms. The number of benzene rings is 2. The lowest BCUT2D eigenvalue weighted by Gasteiger charge is -2.30. The van der Waals surface area contributed by atoms with E-state index >= 15 is 0 Å². The van der Waals surface area contributed by atoms with Crippen molar-refractivity contribution in [3.63, 3.8) is 0 Å². The fraction of sp³-hybridized carbons (Fsp3) is 0.375. The van der Waals surface area contributed by atoms with Gasteiger partial charge >= 0.3 is 0 Å². The smallest absolute Gasteiger partial charge is 0.241 e. The molecule has 7 nitrogen and oxygen atoms in total. The van der Waals surface area contributed by atoms with Crippen LogP contribution in [0.2, 0.25) is 0 Å². The van der Waals surface area contributed by atoms with Gasteiger partial charge in [-0.05, 0) is 56.1 Å². The topological polar surface area (TPSA) is 80.5 Å². The van der Waals surface area contributed by atoms with E-state index in [1.807, 2.05) is 36.4 Å². The van der Waals surface area contributed by atoms with Crippen LogP contribution in [0, 0.1) is 12.8 Å². The predicted octanol–water partition coefficient (Wildman–Crippen LogP) is 3.58. The van der Waals surface area contributed by atoms with Gasteiger partial charge in [0.25, 0.3) is 0 Å². The van der Waals surface area contributed by atoms with Crippen LogP contribution in [0.15, 0.2) is 53.1 Å². The van der Waals surface area contributed by atoms with Gasteiger partial charge in [0.05, 0.1) is 19.6 Å². The van der Waals surface area contributed by atoms with Crippen molar-refractivity contribution < 1.29 is 14.1 Å². The SMILES string of the molecule is COc1ccc(-c2noc(CN3CCCC(C(=O)NCc4cccc(C)c4)C3)n2)cc1. The molecule has 1 aliphatic heterocycles. The summed E-state index contributed by atoms with van der Waals surface area (Å²) in [5, 5.41) is 7.19. The Labute approximate surface area is 182 Å². The molecular formula is C24H28N4O3. The number of nitrogens with one attached hydrogen (secondary N) is 1. The second-order valence-corrected chi connectivity index (χ2v) is 8.02. The number of amides is 1. The van der Waals surface area contributed by atoms with Gasteiger partial charge in [-0.2, -0.15) is 4.98 Å². The number of likely N-dealkylation sites (tertiary alicyclic amines) is 1. The molecule has 0 spiro atoms. The molecule has 162 valence electrons. The van der Waals surface area contributed by atoms with E-state index in [2.05, 4.69) is 39.4 Å². The number of methoxy groups -OCH3 is 1. The third-order valence-electron chi connectivity index (χ3n) is 5.60. The largest absolute Gasteiger partial charge is 0.497 e. The zero-order chi connectivity index (χ0) is 21.6. The van der Waals surface area contributed by atoms with Crippen molar-refractivity contribution in [3.8, 4) is 17.1 Å². The zero-order valence-corrected chi connectivity index (χ0v) is 18.0. The van der Waals surface area contributed by atoms with Gasteiger partial charge < -0.3 is 14.6 Å². The minimum absolute atomic E-state index is 0.0254. The highest BCUT2D eigenvalue weighted by Crippen LogP contribution is 2.22. The molecule has 0 saturated carbocycles. The second kappa shape index (κ2) is 9.75. The number of aromatic nitrogens is 2. The van der Waals surface area contributed by atoms with Crippen LogP contribution in [0.4, 0.5) is 0 Å². The number of nitrogens with zero attached hydrogens (tertiary/aromatic N) is 3. The number of carbonyl (C=O) groups is 1. The van der Waals surface area contributed by atoms with Crippen molar-refractivity contribution in [1.29, 1.82) is 0 Å². The van der Waals surface area contributed by atoms with Gasteiger partial charge in [-0.25, -0.2) is 0 Å². The Hall–Kier alpha value is -3.19. The maximum atomic E-state index is 12.7. The van der Waals surface area contributed by atoms with Crippen molar-refractivity contribution in [2.45, 2.75) is 32.9 Å². The average molecular weight is 421 g/mol. The lowest BCUT2D eigenvalue weighted by atomic mass is 9.97. The number of carbonyl (C=O) groups excluding carboxylic acids is 1. The lowest BCUT2D eigenvalue weighted by molar-refractivity contribution is -0.127. The third kappa shape index (κ3) is 5.49. The summed E-state index contributed by atoms with van der Waals surface area (Å²) in [6.07, 6.45) is 1.87. The van der Waals surface area contributed by atoms with E-state index in [9.17, 15) is 4.79 Å². The summed E-state index contributed by atoms with van der Waals surface area (Å²) in [7, 11) is 1.64. The molecule has 1 unspecified atom stereocenters. The Morgan fingerprint density at radius 2 is 2.10 bits per heavy atom. The van der Waals surface area contributed by atoms with Gasteiger partial charge in [-0.15, -0.1) is 0 Å². The molecule has 1 atom stereocenters. The van der Waals surface area contributed by atoms with Gasteiger partial charge in [-0.1, -0.05) is 35.0 Å². The molecule has 2 heterocycles. The van der Waals surface area contributed by atoms with E-state index in [0.717, 1.165) is 36.3 Å². The number of ether oxygens (including phenoxy) is 1. The maximum Gasteiger partial charge on any atom is 0.241 e. The van der Waals surface area contributed by atoms with Crippen molar-refractivity contribution in [1.82, 2.24) is 20.4 Å². The van der Waals surface area contributed by atoms with E-state index in [-0.39, 0.29) is 11.8 Å². The molecule has 1 amide bonds. The lowest BCUT2D eigenvalue weighted by Crippen LogP contribution is -2.42. The summed E-state index contributed by atoms with van der Waals surface area (Å²) < 4.78 is 10.6. The Balaban J connectivity index is 1.31. The summed E-state index contributed by atoms with van der Waals surface area (Å²) in [6.45, 7) is 4.78. The number of hydrogen-bond acceptors (Lipinski definition) is 6. The number of piperidine rings is 1. The highest BCUT2D eigenvalue weighted by atomic mass is 16.5. The highest BCUT2D eigenvalue weighted by molar-refractivity contribution is 5.79. The summed E-state index contributed by atoms with van der Waals surface area (Å²) in [5.41, 5.74) is 3.20. The molecule has 1 N–H and O–H groups in total. The summed E-state index contributed by atoms with van der Waals surface area (Å²) in [4.78, 5) is 19.4. The molecule has 1 aliphatic rings. The van der Waals surface area contributed by atoms with Gasteiger partial charge in [0, 0.05) is 18.7 Å². The number of rotatable bonds is 7. The minimum atomic E-state index is -0.0254. The van der Waals surface area contributed by atoms with E-state index in [1.54, 1.807) is 7.11 Å². The normalized spacial score (nSPS) is 16.8. The molecular weight excluding hydrogens is 392 g/mol. The van der Waals surface area contributed by atoms with Crippen LogP contribution in [-0.4, -0.2) is 41.1 Å². The molecule has 4 rings (SSSR count). The maximum absolute atomic E-state index is 12.7. The Morgan fingerprint density at radius 1 is 1.26 bits per heavy atom. The summed E-state index contributed by atoms with van der Waals surface area (Å²) in [6, 6.07) is 15.8. The first kappa shape index (κ1) is 21.1. The predicted molar refractivity (Wildman–Crippen MR) is 117 cm³/mol. The first-order valence-electron chi connectivity index (χ1n) is 10.6. The van der Waals surface area contributed by atoms with Gasteiger partial charge in [0.15, 0.2) is 0 Å². The van der Waals surface area contributed by atoms with Crippen LogP contribution in [-0.2, 0) is 17.9 Å². The molecule has 1 fully saturated rings. The van der Waals surface area contributed by atoms with Crippen molar-refractivity contribution in [3.05, 3.63) is 65.5 Å². The van der Waals surface area contributed by atoms with E-state index in [4.69, 9.17) is 9.26 Å². The molecule has 0 bridgehead atoms. The highest BCUT2D eigenvalue weighted by Gasteiger charge is 2.26. The summed E-state index contributed by atoms with van der Waals surface area (Å²) in [5.74, 6) is 1.99. The standard InChI is InChI=1S/C24H28N4O3/c1-17-5-3-6-18(13-17)14-25-24(29)20-7-4-12-28(15-20)16-22-26-23(27-31-22)19-8-10-21(30-2)11-9-19/h3,5-6,8-11,13,20H,4,7,12,14-16H2,1-2H3,(H,25,29). The van der Waals surface area contributed by atoms with Crippen molar-refractivity contribution in [2.24, 2.45) is 5.92 Å². The van der Waals surface area contributed by atoms with Gasteiger partial charge in [0.1, 0.15) is 5.75 Å². The van der Waals surface area contributed by atoms with Crippen LogP contribution < -0.4 is 10.1 Å². The number of hydrogen-bond donors (Lipinski definition) is 1. The first-order valence-corrected chi connectivity index (χ1v) is 10.6. The number of aryl methyl sites for hydroxylation is 1. The molecule has 0 aliphatic carbocycles. The van der Waals surface area contributed by atoms with E-state index in [0.29, 0.717) is 31.3 Å². The van der Waals surface area contributed by atoms with E-state index < -0.39 is 0 Å². The first-order chi connectivity index (χ1) is 15.1. The Morgan fingerprint density at radius 3 is 2.87 bits per heavy atom. The zero-order valence-electron chi connectivity index (χ0n) is 18.0. The van der Waals surface area contributed by atoms with E-state index in [1.165, 1.54) is 5.56 Å². The van der Waals surface area contributed by atoms with Crippen LogP contribution in [0.1, 0.15) is 29.9 Å². The second-order valence-electron chi connectivity index (χ2n) is 8.02. The monoisotopic (exact) mass is 420 g/mol. The Bertz CT molecular complexity index is 1020. The molecule has 1 saturated heterocycles. The van der Waals surface area contributed by atoms with Crippen LogP contribution in [0.3, 0.4) is 0 Å². The molecule has 3 aromatic rings. The Kier molecular flexibility index (Phi) is 6.62. The van der Waals surface area contributed by atoms with Crippen LogP contribution >= 0.6 is 0 Å². The molecule has 31 heavy (non-hydrogen) atoms. The fourth-order valence-electron chi connectivity index (χ4n) is 3.94. The third-order valence-corrected chi connectivity index (χ3v) is 5.60. The summed E-state index contributed by atoms with van der Waals surface area (Å²) >= 11 is 0. The molecule has 2 aromatic carbocycles. The minimum Gasteiger partial charge on any atom is -0.497 e. The quantitative estimate of drug-likeness (QED) is 0.629. The average Bonchev–Trinajstić information content (AvgIpc) is 3.26.